The molecule has 164 valence electrons. The van der Waals surface area contributed by atoms with Gasteiger partial charge in [0.05, 0.1) is 5.69 Å². The van der Waals surface area contributed by atoms with E-state index in [-0.39, 0.29) is 23.9 Å². The average molecular weight is 453 g/mol. The van der Waals surface area contributed by atoms with E-state index >= 15 is 0 Å². The Bertz CT molecular complexity index is 1190. The van der Waals surface area contributed by atoms with Crippen molar-refractivity contribution in [2.45, 2.75) is 38.0 Å². The molecule has 2 heterocycles. The van der Waals surface area contributed by atoms with Crippen LogP contribution in [0.25, 0.3) is 10.1 Å². The van der Waals surface area contributed by atoms with Gasteiger partial charge in [-0.3, -0.25) is 9.59 Å². The molecule has 0 saturated carbocycles. The van der Waals surface area contributed by atoms with Gasteiger partial charge in [-0.2, -0.15) is 18.3 Å². The van der Waals surface area contributed by atoms with Gasteiger partial charge in [0.1, 0.15) is 6.54 Å². The molecular formula is C20H18F3N3O4S. The number of thiophene rings is 1. The van der Waals surface area contributed by atoms with Gasteiger partial charge >= 0.3 is 12.1 Å². The maximum atomic E-state index is 12.6. The summed E-state index contributed by atoms with van der Waals surface area (Å²) in [6.07, 6.45) is -2.78. The van der Waals surface area contributed by atoms with E-state index < -0.39 is 12.1 Å². The fraction of sp³-hybridized carbons (Fsp3) is 0.300. The second-order valence-electron chi connectivity index (χ2n) is 6.99. The predicted molar refractivity (Wildman–Crippen MR) is 108 cm³/mol. The zero-order chi connectivity index (χ0) is 22.8. The summed E-state index contributed by atoms with van der Waals surface area (Å²) in [6.45, 7) is -0.0289. The van der Waals surface area contributed by atoms with E-state index in [2.05, 4.69) is 5.10 Å². The molecule has 0 spiro atoms. The Morgan fingerprint density at radius 2 is 1.97 bits per heavy atom. The summed E-state index contributed by atoms with van der Waals surface area (Å²) in [5.74, 6) is -2.85. The summed E-state index contributed by atoms with van der Waals surface area (Å²) < 4.78 is 34.1. The zero-order valence-corrected chi connectivity index (χ0v) is 16.9. The first-order valence-corrected chi connectivity index (χ1v) is 10.1. The van der Waals surface area contributed by atoms with Crippen LogP contribution in [0.1, 0.15) is 28.0 Å². The number of fused-ring (bicyclic) bond motifs is 2. The smallest absolute Gasteiger partial charge is 0.475 e. The van der Waals surface area contributed by atoms with Crippen LogP contribution in [0.5, 0.6) is 0 Å². The zero-order valence-electron chi connectivity index (χ0n) is 16.1. The fourth-order valence-corrected chi connectivity index (χ4v) is 4.15. The summed E-state index contributed by atoms with van der Waals surface area (Å²) in [6, 6.07) is 9.47. The van der Waals surface area contributed by atoms with Crippen molar-refractivity contribution in [3.05, 3.63) is 62.9 Å². The number of Topliss-reactive ketones (excluding diaryl/α,β-unsaturated/α-hetero) is 1. The molecule has 11 heteroatoms. The van der Waals surface area contributed by atoms with E-state index in [0.29, 0.717) is 12.0 Å². The highest BCUT2D eigenvalue weighted by Crippen LogP contribution is 2.26. The first kappa shape index (κ1) is 22.6. The Balaban J connectivity index is 0.000000339. The van der Waals surface area contributed by atoms with E-state index in [0.717, 1.165) is 34.2 Å². The number of nitrogens with two attached hydrogens (primary N) is 1. The number of benzene rings is 1. The van der Waals surface area contributed by atoms with Crippen molar-refractivity contribution in [3.63, 3.8) is 0 Å². The predicted octanol–water partition coefficient (Wildman–Crippen LogP) is 2.79. The van der Waals surface area contributed by atoms with Crippen LogP contribution in [0, 0.1) is 0 Å². The molecule has 0 fully saturated rings. The van der Waals surface area contributed by atoms with E-state index in [4.69, 9.17) is 15.6 Å². The van der Waals surface area contributed by atoms with Gasteiger partial charge in [-0.15, -0.1) is 11.3 Å². The molecule has 31 heavy (non-hydrogen) atoms. The van der Waals surface area contributed by atoms with Crippen molar-refractivity contribution in [2.75, 3.05) is 0 Å². The Morgan fingerprint density at radius 1 is 1.29 bits per heavy atom. The van der Waals surface area contributed by atoms with Crippen LogP contribution in [0.15, 0.2) is 40.5 Å². The van der Waals surface area contributed by atoms with Gasteiger partial charge < -0.3 is 10.8 Å². The number of ketones is 1. The van der Waals surface area contributed by atoms with E-state index in [1.54, 1.807) is 6.07 Å². The number of halogens is 3. The molecule has 1 aliphatic rings. The van der Waals surface area contributed by atoms with Crippen LogP contribution >= 0.6 is 11.3 Å². The first-order valence-electron chi connectivity index (χ1n) is 9.21. The lowest BCUT2D eigenvalue weighted by Crippen LogP contribution is -2.34. The molecule has 0 saturated heterocycles. The number of carbonyl (C=O) groups excluding carboxylic acids is 1. The molecule has 0 bridgehead atoms. The molecule has 1 aromatic carbocycles. The highest BCUT2D eigenvalue weighted by atomic mass is 32.1. The van der Waals surface area contributed by atoms with Crippen LogP contribution in [-0.2, 0) is 24.2 Å². The van der Waals surface area contributed by atoms with Gasteiger partial charge in [0.25, 0.3) is 5.56 Å². The van der Waals surface area contributed by atoms with Crippen molar-refractivity contribution >= 4 is 33.2 Å². The standard InChI is InChI=1S/C18H17N3O2S.C2HF3O2/c19-12-5-6-15-11(7-12)8-18(23)21(20-15)9-16(22)14-10-24-17-4-2-1-3-13(14)17;3-2(4,5)1(6)7/h1-4,8,10,12H,5-7,9,19H2;(H,6,7). The van der Waals surface area contributed by atoms with E-state index in [9.17, 15) is 22.8 Å². The molecule has 1 atom stereocenters. The number of hydrogen-bond donors (Lipinski definition) is 2. The Morgan fingerprint density at radius 3 is 2.65 bits per heavy atom. The lowest BCUT2D eigenvalue weighted by atomic mass is 9.93. The van der Waals surface area contributed by atoms with Crippen LogP contribution in [0.4, 0.5) is 13.2 Å². The van der Waals surface area contributed by atoms with Gasteiger partial charge in [-0.25, -0.2) is 9.48 Å². The molecule has 3 aromatic rings. The van der Waals surface area contributed by atoms with Crippen molar-refractivity contribution in [1.29, 1.82) is 0 Å². The molecule has 0 amide bonds. The largest absolute Gasteiger partial charge is 0.490 e. The Hall–Kier alpha value is -3.05. The van der Waals surface area contributed by atoms with Crippen molar-refractivity contribution in [2.24, 2.45) is 5.73 Å². The number of hydrogen-bond acceptors (Lipinski definition) is 6. The maximum absolute atomic E-state index is 12.6. The molecule has 0 aliphatic heterocycles. The van der Waals surface area contributed by atoms with Gasteiger partial charge in [-0.05, 0) is 30.9 Å². The Labute approximate surface area is 177 Å². The van der Waals surface area contributed by atoms with Gasteiger partial charge in [0, 0.05) is 33.1 Å². The summed E-state index contributed by atoms with van der Waals surface area (Å²) in [5.41, 5.74) is 8.17. The average Bonchev–Trinajstić information content (AvgIpc) is 3.13. The van der Waals surface area contributed by atoms with Crippen LogP contribution < -0.4 is 11.3 Å². The highest BCUT2D eigenvalue weighted by Gasteiger charge is 2.38. The summed E-state index contributed by atoms with van der Waals surface area (Å²) >= 11 is 1.54. The molecular weight excluding hydrogens is 435 g/mol. The number of aromatic nitrogens is 2. The van der Waals surface area contributed by atoms with E-state index in [1.807, 2.05) is 29.6 Å². The van der Waals surface area contributed by atoms with Crippen molar-refractivity contribution < 1.29 is 27.9 Å². The lowest BCUT2D eigenvalue weighted by molar-refractivity contribution is -0.192. The Kier molecular flexibility index (Phi) is 6.56. The number of carboxylic acid groups (broad SMARTS) is 1. The van der Waals surface area contributed by atoms with Gasteiger partial charge in [-0.1, -0.05) is 18.2 Å². The molecule has 7 nitrogen and oxygen atoms in total. The van der Waals surface area contributed by atoms with E-state index in [1.165, 1.54) is 16.0 Å². The normalized spacial score (nSPS) is 15.7. The molecule has 1 unspecified atom stereocenters. The molecule has 4 rings (SSSR count). The minimum Gasteiger partial charge on any atom is -0.475 e. The SMILES string of the molecule is NC1CCc2nn(CC(=O)c3csc4ccccc34)c(=O)cc2C1.O=C(O)C(F)(F)F. The molecule has 3 N–H and O–H groups in total. The number of aryl methyl sites for hydroxylation is 1. The summed E-state index contributed by atoms with van der Waals surface area (Å²) in [7, 11) is 0. The molecule has 2 aromatic heterocycles. The number of carbonyl (C=O) groups is 2. The minimum atomic E-state index is -5.08. The van der Waals surface area contributed by atoms with Crippen LogP contribution in [-0.4, -0.2) is 38.9 Å². The monoisotopic (exact) mass is 453 g/mol. The summed E-state index contributed by atoms with van der Waals surface area (Å²) in [4.78, 5) is 33.8. The van der Waals surface area contributed by atoms with Crippen LogP contribution in [0.3, 0.4) is 0 Å². The third-order valence-electron chi connectivity index (χ3n) is 4.72. The third-order valence-corrected chi connectivity index (χ3v) is 5.68. The quantitative estimate of drug-likeness (QED) is 0.590. The summed E-state index contributed by atoms with van der Waals surface area (Å²) in [5, 5.41) is 14.3. The number of aliphatic carboxylic acids is 1. The van der Waals surface area contributed by atoms with Crippen molar-refractivity contribution in [1.82, 2.24) is 9.78 Å². The second-order valence-corrected chi connectivity index (χ2v) is 7.90. The lowest BCUT2D eigenvalue weighted by Gasteiger charge is -2.20. The van der Waals surface area contributed by atoms with Crippen molar-refractivity contribution in [3.8, 4) is 0 Å². The topological polar surface area (TPSA) is 115 Å². The first-order chi connectivity index (χ1) is 14.6. The number of alkyl halides is 3. The van der Waals surface area contributed by atoms with Gasteiger partial charge in [0.15, 0.2) is 5.78 Å². The number of nitrogens with zero attached hydrogens (tertiary/aromatic N) is 2. The van der Waals surface area contributed by atoms with Gasteiger partial charge in [0.2, 0.25) is 0 Å². The molecule has 1 aliphatic carbocycles. The fourth-order valence-electron chi connectivity index (χ4n) is 3.19. The third kappa shape index (κ3) is 5.36. The maximum Gasteiger partial charge on any atom is 0.490 e. The number of rotatable bonds is 3. The van der Waals surface area contributed by atoms with Crippen LogP contribution in [0.2, 0.25) is 0 Å². The minimum absolute atomic E-state index is 0.0289. The second kappa shape index (κ2) is 8.98. The number of carboxylic acids is 1. The molecule has 0 radical (unpaired) electrons. The highest BCUT2D eigenvalue weighted by molar-refractivity contribution is 7.17.